The van der Waals surface area contributed by atoms with Crippen LogP contribution in [0.1, 0.15) is 0 Å². The van der Waals surface area contributed by atoms with E-state index in [0.717, 1.165) is 22.7 Å². The maximum absolute atomic E-state index is 2.44. The number of benzene rings is 10. The van der Waals surface area contributed by atoms with Crippen LogP contribution < -0.4 is 4.90 Å². The van der Waals surface area contributed by atoms with Gasteiger partial charge in [-0.15, -0.1) is 11.3 Å². The van der Waals surface area contributed by atoms with Crippen LogP contribution in [0, 0.1) is 0 Å². The van der Waals surface area contributed by atoms with E-state index in [-0.39, 0.29) is 0 Å². The Morgan fingerprint density at radius 1 is 0.311 bits per heavy atom. The van der Waals surface area contributed by atoms with Gasteiger partial charge in [-0.1, -0.05) is 158 Å². The van der Waals surface area contributed by atoms with E-state index in [2.05, 4.69) is 240 Å². The van der Waals surface area contributed by atoms with Gasteiger partial charge in [0.2, 0.25) is 0 Å². The summed E-state index contributed by atoms with van der Waals surface area (Å²) in [6.45, 7) is 0. The van der Waals surface area contributed by atoms with Crippen LogP contribution >= 0.6 is 11.3 Å². The second kappa shape index (κ2) is 14.5. The molecule has 10 aromatic carbocycles. The van der Waals surface area contributed by atoms with Crippen molar-refractivity contribution in [1.29, 1.82) is 0 Å². The van der Waals surface area contributed by atoms with E-state index in [1.807, 2.05) is 11.3 Å². The topological polar surface area (TPSA) is 8.17 Å². The van der Waals surface area contributed by atoms with Crippen molar-refractivity contribution in [3.63, 3.8) is 0 Å². The molecule has 0 aliphatic heterocycles. The summed E-state index contributed by atoms with van der Waals surface area (Å²) < 4.78 is 5.04. The highest BCUT2D eigenvalue weighted by atomic mass is 32.1. The Kier molecular flexibility index (Phi) is 8.39. The number of anilines is 3. The standard InChI is InChI=1S/C58H38N2S/c1-2-16-44(17-3-1)59(45-31-28-40(29-32-45)42-27-26-39-14-4-5-15-41(39)36-42)46-33-35-47(53(38-46)43-30-34-52-51-21-9-13-25-57(51)61-58(52)37-43)48-18-6-10-22-54(48)60-55-23-11-7-19-49(55)50-20-8-12-24-56(50)60/h1-38H. The van der Waals surface area contributed by atoms with Gasteiger partial charge in [-0.05, 0) is 111 Å². The number of fused-ring (bicyclic) bond motifs is 7. The molecule has 12 rings (SSSR count). The highest BCUT2D eigenvalue weighted by Gasteiger charge is 2.21. The van der Waals surface area contributed by atoms with Crippen LogP contribution in [-0.4, -0.2) is 4.57 Å². The van der Waals surface area contributed by atoms with Crippen LogP contribution in [0.15, 0.2) is 231 Å². The Morgan fingerprint density at radius 3 is 1.70 bits per heavy atom. The molecule has 0 fully saturated rings. The Morgan fingerprint density at radius 2 is 0.902 bits per heavy atom. The van der Waals surface area contributed by atoms with Crippen LogP contribution in [0.5, 0.6) is 0 Å². The molecule has 12 aromatic rings. The Bertz CT molecular complexity index is 3540. The first-order chi connectivity index (χ1) is 30.2. The molecule has 0 bridgehead atoms. The second-order valence-corrected chi connectivity index (χ2v) is 16.8. The lowest BCUT2D eigenvalue weighted by Gasteiger charge is -2.27. The number of para-hydroxylation sites is 4. The minimum atomic E-state index is 1.09. The molecule has 0 N–H and O–H groups in total. The van der Waals surface area contributed by atoms with Crippen LogP contribution in [0.25, 0.3) is 91.8 Å². The lowest BCUT2D eigenvalue weighted by atomic mass is 9.92. The first-order valence-electron chi connectivity index (χ1n) is 20.8. The Hall–Kier alpha value is -7.72. The molecule has 2 nitrogen and oxygen atoms in total. The fourth-order valence-corrected chi connectivity index (χ4v) is 10.5. The minimum absolute atomic E-state index is 1.09. The van der Waals surface area contributed by atoms with Crippen molar-refractivity contribution in [1.82, 2.24) is 4.57 Å². The molecule has 0 aliphatic carbocycles. The monoisotopic (exact) mass is 794 g/mol. The fourth-order valence-electron chi connectivity index (χ4n) is 9.31. The van der Waals surface area contributed by atoms with Gasteiger partial charge in [0.15, 0.2) is 0 Å². The SMILES string of the molecule is c1ccc(N(c2ccc(-c3ccc4ccccc4c3)cc2)c2ccc(-c3ccccc3-n3c4ccccc4c4ccccc43)c(-c3ccc4c(c3)sc3ccccc34)c2)cc1. The number of aromatic nitrogens is 1. The van der Waals surface area contributed by atoms with Crippen molar-refractivity contribution >= 4 is 81.1 Å². The van der Waals surface area contributed by atoms with Crippen LogP contribution in [0.2, 0.25) is 0 Å². The summed E-state index contributed by atoms with van der Waals surface area (Å²) >= 11 is 1.87. The third kappa shape index (κ3) is 6.01. The van der Waals surface area contributed by atoms with E-state index < -0.39 is 0 Å². The zero-order valence-corrected chi connectivity index (χ0v) is 34.1. The van der Waals surface area contributed by atoms with Gasteiger partial charge < -0.3 is 9.47 Å². The average Bonchev–Trinajstić information content (AvgIpc) is 3.87. The predicted octanol–water partition coefficient (Wildman–Crippen LogP) is 16.8. The molecule has 0 radical (unpaired) electrons. The van der Waals surface area contributed by atoms with Gasteiger partial charge >= 0.3 is 0 Å². The fraction of sp³-hybridized carbons (Fsp3) is 0. The van der Waals surface area contributed by atoms with E-state index in [4.69, 9.17) is 0 Å². The van der Waals surface area contributed by atoms with Crippen molar-refractivity contribution in [3.8, 4) is 39.1 Å². The van der Waals surface area contributed by atoms with E-state index >= 15 is 0 Å². The van der Waals surface area contributed by atoms with Crippen LogP contribution in [0.3, 0.4) is 0 Å². The third-order valence-electron chi connectivity index (χ3n) is 12.2. The van der Waals surface area contributed by atoms with Gasteiger partial charge in [0, 0.05) is 53.6 Å². The first-order valence-corrected chi connectivity index (χ1v) is 21.6. The molecule has 0 saturated heterocycles. The minimum Gasteiger partial charge on any atom is -0.310 e. The van der Waals surface area contributed by atoms with Crippen molar-refractivity contribution in [2.75, 3.05) is 4.90 Å². The summed E-state index contributed by atoms with van der Waals surface area (Å²) in [5.74, 6) is 0. The van der Waals surface area contributed by atoms with Crippen molar-refractivity contribution in [3.05, 3.63) is 231 Å². The molecule has 0 unspecified atom stereocenters. The molecule has 61 heavy (non-hydrogen) atoms. The van der Waals surface area contributed by atoms with E-state index in [1.54, 1.807) is 0 Å². The highest BCUT2D eigenvalue weighted by molar-refractivity contribution is 7.25. The smallest absolute Gasteiger partial charge is 0.0541 e. The largest absolute Gasteiger partial charge is 0.310 e. The molecule has 0 amide bonds. The van der Waals surface area contributed by atoms with Gasteiger partial charge in [-0.3, -0.25) is 0 Å². The molecule has 0 atom stereocenters. The normalized spacial score (nSPS) is 11.6. The highest BCUT2D eigenvalue weighted by Crippen LogP contribution is 2.45. The van der Waals surface area contributed by atoms with Crippen LogP contribution in [-0.2, 0) is 0 Å². The maximum Gasteiger partial charge on any atom is 0.0541 e. The second-order valence-electron chi connectivity index (χ2n) is 15.7. The molecule has 286 valence electrons. The van der Waals surface area contributed by atoms with Crippen molar-refractivity contribution in [2.45, 2.75) is 0 Å². The Labute approximate surface area is 358 Å². The molecule has 2 heterocycles. The van der Waals surface area contributed by atoms with E-state index in [1.165, 1.54) is 86.1 Å². The van der Waals surface area contributed by atoms with Gasteiger partial charge in [-0.25, -0.2) is 0 Å². The lowest BCUT2D eigenvalue weighted by Crippen LogP contribution is -2.10. The summed E-state index contributed by atoms with van der Waals surface area (Å²) in [5, 5.41) is 7.61. The average molecular weight is 795 g/mol. The molecule has 0 spiro atoms. The molecule has 2 aromatic heterocycles. The summed E-state index contributed by atoms with van der Waals surface area (Å²) in [7, 11) is 0. The summed E-state index contributed by atoms with van der Waals surface area (Å²) in [4.78, 5) is 2.38. The number of thiophene rings is 1. The van der Waals surface area contributed by atoms with Gasteiger partial charge in [0.05, 0.1) is 16.7 Å². The van der Waals surface area contributed by atoms with E-state index in [0.29, 0.717) is 0 Å². The zero-order chi connectivity index (χ0) is 40.3. The van der Waals surface area contributed by atoms with Crippen molar-refractivity contribution in [2.24, 2.45) is 0 Å². The maximum atomic E-state index is 2.44. The predicted molar refractivity (Wildman–Crippen MR) is 262 cm³/mol. The number of nitrogens with zero attached hydrogens (tertiary/aromatic N) is 2. The van der Waals surface area contributed by atoms with Crippen LogP contribution in [0.4, 0.5) is 17.1 Å². The van der Waals surface area contributed by atoms with Gasteiger partial charge in [-0.2, -0.15) is 0 Å². The molecule has 0 saturated carbocycles. The third-order valence-corrected chi connectivity index (χ3v) is 13.3. The first kappa shape index (κ1) is 35.2. The Balaban J connectivity index is 1.06. The zero-order valence-electron chi connectivity index (χ0n) is 33.2. The number of rotatable bonds is 7. The van der Waals surface area contributed by atoms with Crippen molar-refractivity contribution < 1.29 is 0 Å². The molecule has 3 heteroatoms. The molecular formula is C58H38N2S. The summed E-state index contributed by atoms with van der Waals surface area (Å²) in [5.41, 5.74) is 14.0. The summed E-state index contributed by atoms with van der Waals surface area (Å²) in [6.07, 6.45) is 0. The van der Waals surface area contributed by atoms with E-state index in [9.17, 15) is 0 Å². The summed E-state index contributed by atoms with van der Waals surface area (Å²) in [6, 6.07) is 84.3. The van der Waals surface area contributed by atoms with Gasteiger partial charge in [0.1, 0.15) is 0 Å². The quantitative estimate of drug-likeness (QED) is 0.156. The number of hydrogen-bond donors (Lipinski definition) is 0. The van der Waals surface area contributed by atoms with Gasteiger partial charge in [0.25, 0.3) is 0 Å². The molecule has 0 aliphatic rings. The lowest BCUT2D eigenvalue weighted by molar-refractivity contribution is 1.18. The number of hydrogen-bond acceptors (Lipinski definition) is 2. The molecular weight excluding hydrogens is 757 g/mol.